The topological polar surface area (TPSA) is 83.6 Å². The van der Waals surface area contributed by atoms with E-state index in [1.165, 1.54) is 27.1 Å². The van der Waals surface area contributed by atoms with Gasteiger partial charge in [-0.1, -0.05) is 18.7 Å². The molecule has 9 heteroatoms. The summed E-state index contributed by atoms with van der Waals surface area (Å²) >= 11 is 4.65. The van der Waals surface area contributed by atoms with Crippen molar-refractivity contribution in [3.05, 3.63) is 31.8 Å². The second-order valence-corrected chi connectivity index (χ2v) is 11.7. The number of thioether (sulfide) groups is 1. The summed E-state index contributed by atoms with van der Waals surface area (Å²) in [6.45, 7) is 10.7. The molecule has 0 aromatic carbocycles. The van der Waals surface area contributed by atoms with E-state index in [-0.39, 0.29) is 17.7 Å². The van der Waals surface area contributed by atoms with Crippen LogP contribution in [0.2, 0.25) is 0 Å². The van der Waals surface area contributed by atoms with E-state index in [9.17, 15) is 10.1 Å². The summed E-state index contributed by atoms with van der Waals surface area (Å²) < 4.78 is 2.10. The average Bonchev–Trinajstić information content (AvgIpc) is 3.41. The Hall–Kier alpha value is -2.15. The van der Waals surface area contributed by atoms with E-state index in [0.29, 0.717) is 16.5 Å². The van der Waals surface area contributed by atoms with Gasteiger partial charge >= 0.3 is 0 Å². The predicted octanol–water partition coefficient (Wildman–Crippen LogP) is 5.99. The molecule has 0 saturated carbocycles. The molecule has 0 spiro atoms. The number of carbonyl (C=O) groups excluding carboxylic acids is 1. The van der Waals surface area contributed by atoms with Crippen molar-refractivity contribution in [1.29, 1.82) is 5.26 Å². The maximum atomic E-state index is 12.8. The molecule has 0 aliphatic heterocycles. The van der Waals surface area contributed by atoms with Gasteiger partial charge in [-0.05, 0) is 64.0 Å². The Morgan fingerprint density at radius 1 is 1.41 bits per heavy atom. The number of amides is 1. The minimum absolute atomic E-state index is 0.124. The van der Waals surface area contributed by atoms with Gasteiger partial charge in [-0.2, -0.15) is 5.26 Å². The number of thiophene rings is 2. The fraction of sp³-hybridized carbons (Fsp3) is 0.478. The monoisotopic (exact) mass is 485 g/mol. The molecule has 1 N–H and O–H groups in total. The standard InChI is InChI=1S/C23H27N5OS3/c1-12(2)28-21(18-10-30-15(5)14(18)4)26-27-23(28)31-11-20(29)25-22-17(9-24)16-7-6-13(3)8-19(16)32-22/h10,12-13H,6-8,11H2,1-5H3,(H,25,29). The van der Waals surface area contributed by atoms with E-state index in [0.717, 1.165) is 41.4 Å². The Balaban J connectivity index is 1.50. The first kappa shape index (κ1) is 23.0. The molecular weight excluding hydrogens is 458 g/mol. The summed E-state index contributed by atoms with van der Waals surface area (Å²) in [7, 11) is 0. The number of fused-ring (bicyclic) bond motifs is 1. The van der Waals surface area contributed by atoms with Gasteiger partial charge < -0.3 is 5.32 Å². The number of anilines is 1. The van der Waals surface area contributed by atoms with Crippen LogP contribution < -0.4 is 5.32 Å². The van der Waals surface area contributed by atoms with Gasteiger partial charge in [-0.3, -0.25) is 9.36 Å². The van der Waals surface area contributed by atoms with Crippen LogP contribution in [0.4, 0.5) is 5.00 Å². The van der Waals surface area contributed by atoms with Gasteiger partial charge in [0.25, 0.3) is 0 Å². The lowest BCUT2D eigenvalue weighted by molar-refractivity contribution is -0.113. The van der Waals surface area contributed by atoms with E-state index in [4.69, 9.17) is 0 Å². The van der Waals surface area contributed by atoms with Crippen LogP contribution in [0.25, 0.3) is 11.4 Å². The van der Waals surface area contributed by atoms with Gasteiger partial charge in [0, 0.05) is 26.7 Å². The second kappa shape index (κ2) is 9.38. The summed E-state index contributed by atoms with van der Waals surface area (Å²) in [5, 5.41) is 25.0. The van der Waals surface area contributed by atoms with Crippen LogP contribution in [0.3, 0.4) is 0 Å². The van der Waals surface area contributed by atoms with Crippen LogP contribution in [0.15, 0.2) is 10.5 Å². The second-order valence-electron chi connectivity index (χ2n) is 8.61. The minimum atomic E-state index is -0.124. The van der Waals surface area contributed by atoms with Crippen molar-refractivity contribution in [2.75, 3.05) is 11.1 Å². The highest BCUT2D eigenvalue weighted by Gasteiger charge is 2.25. The van der Waals surface area contributed by atoms with Gasteiger partial charge in [0.2, 0.25) is 5.91 Å². The molecular formula is C23H27N5OS3. The fourth-order valence-corrected chi connectivity index (χ4v) is 7.12. The summed E-state index contributed by atoms with van der Waals surface area (Å²) in [4.78, 5) is 15.3. The molecule has 1 atom stereocenters. The summed E-state index contributed by atoms with van der Waals surface area (Å²) in [5.74, 6) is 1.56. The molecule has 32 heavy (non-hydrogen) atoms. The number of hydrogen-bond donors (Lipinski definition) is 1. The largest absolute Gasteiger partial charge is 0.316 e. The van der Waals surface area contributed by atoms with E-state index < -0.39 is 0 Å². The first-order valence-corrected chi connectivity index (χ1v) is 13.5. The smallest absolute Gasteiger partial charge is 0.235 e. The molecule has 1 amide bonds. The van der Waals surface area contributed by atoms with Crippen molar-refractivity contribution in [1.82, 2.24) is 14.8 Å². The first-order chi connectivity index (χ1) is 15.3. The van der Waals surface area contributed by atoms with Crippen molar-refractivity contribution in [2.24, 2.45) is 5.92 Å². The van der Waals surface area contributed by atoms with Crippen LogP contribution in [-0.2, 0) is 17.6 Å². The van der Waals surface area contributed by atoms with Crippen LogP contribution >= 0.6 is 34.4 Å². The Labute approximate surface area is 201 Å². The zero-order valence-electron chi connectivity index (χ0n) is 19.0. The molecule has 0 saturated heterocycles. The lowest BCUT2D eigenvalue weighted by Gasteiger charge is -2.17. The van der Waals surface area contributed by atoms with Crippen LogP contribution in [0, 0.1) is 31.1 Å². The zero-order chi connectivity index (χ0) is 23.0. The lowest BCUT2D eigenvalue weighted by atomic mass is 9.89. The lowest BCUT2D eigenvalue weighted by Crippen LogP contribution is -2.15. The average molecular weight is 486 g/mol. The van der Waals surface area contributed by atoms with Crippen molar-refractivity contribution < 1.29 is 4.79 Å². The van der Waals surface area contributed by atoms with Crippen molar-refractivity contribution in [2.45, 2.75) is 65.1 Å². The maximum Gasteiger partial charge on any atom is 0.235 e. The summed E-state index contributed by atoms with van der Waals surface area (Å²) in [6.07, 6.45) is 3.00. The van der Waals surface area contributed by atoms with Crippen molar-refractivity contribution >= 4 is 45.3 Å². The van der Waals surface area contributed by atoms with Crippen molar-refractivity contribution in [3.8, 4) is 17.5 Å². The third-order valence-corrected chi connectivity index (χ3v) is 9.04. The number of carbonyl (C=O) groups is 1. The molecule has 0 radical (unpaired) electrons. The Kier molecular flexibility index (Phi) is 6.75. The normalized spacial score (nSPS) is 15.6. The molecule has 6 nitrogen and oxygen atoms in total. The molecule has 3 heterocycles. The molecule has 3 aromatic heterocycles. The molecule has 0 fully saturated rings. The first-order valence-electron chi connectivity index (χ1n) is 10.8. The number of nitriles is 1. The number of rotatable bonds is 6. The van der Waals surface area contributed by atoms with Gasteiger partial charge in [0.05, 0.1) is 11.3 Å². The highest BCUT2D eigenvalue weighted by atomic mass is 32.2. The van der Waals surface area contributed by atoms with E-state index in [1.807, 2.05) is 0 Å². The van der Waals surface area contributed by atoms with E-state index in [1.54, 1.807) is 22.7 Å². The summed E-state index contributed by atoms with van der Waals surface area (Å²) in [6, 6.07) is 2.48. The molecule has 3 aromatic rings. The number of hydrogen-bond acceptors (Lipinski definition) is 7. The predicted molar refractivity (Wildman–Crippen MR) is 133 cm³/mol. The van der Waals surface area contributed by atoms with E-state index in [2.05, 4.69) is 66.1 Å². The Bertz CT molecular complexity index is 1200. The van der Waals surface area contributed by atoms with Gasteiger partial charge in [-0.15, -0.1) is 32.9 Å². The van der Waals surface area contributed by atoms with E-state index >= 15 is 0 Å². The summed E-state index contributed by atoms with van der Waals surface area (Å²) in [5.41, 5.74) is 4.09. The SMILES string of the molecule is Cc1scc(-c2nnc(SCC(=O)Nc3sc4c(c3C#N)CCC(C)C4)n2C(C)C)c1C. The highest BCUT2D eigenvalue weighted by Crippen LogP contribution is 2.39. The highest BCUT2D eigenvalue weighted by molar-refractivity contribution is 7.99. The Morgan fingerprint density at radius 2 is 2.19 bits per heavy atom. The van der Waals surface area contributed by atoms with Gasteiger partial charge in [0.1, 0.15) is 11.1 Å². The number of nitrogens with one attached hydrogen (secondary N) is 1. The zero-order valence-corrected chi connectivity index (χ0v) is 21.4. The quantitative estimate of drug-likeness (QED) is 0.433. The fourth-order valence-electron chi connectivity index (χ4n) is 4.01. The molecule has 1 aliphatic carbocycles. The molecule has 1 aliphatic rings. The third kappa shape index (κ3) is 4.36. The molecule has 168 valence electrons. The molecule has 0 bridgehead atoms. The van der Waals surface area contributed by atoms with Gasteiger partial charge in [0.15, 0.2) is 11.0 Å². The van der Waals surface area contributed by atoms with Gasteiger partial charge in [-0.25, -0.2) is 0 Å². The number of aryl methyl sites for hydroxylation is 1. The van der Waals surface area contributed by atoms with Crippen LogP contribution in [0.1, 0.15) is 59.7 Å². The van der Waals surface area contributed by atoms with Crippen molar-refractivity contribution in [3.63, 3.8) is 0 Å². The maximum absolute atomic E-state index is 12.8. The molecule has 1 unspecified atom stereocenters. The number of nitrogens with zero attached hydrogens (tertiary/aromatic N) is 4. The van der Waals surface area contributed by atoms with Crippen LogP contribution in [0.5, 0.6) is 0 Å². The number of aromatic nitrogens is 3. The molecule has 4 rings (SSSR count). The Morgan fingerprint density at radius 3 is 2.84 bits per heavy atom. The minimum Gasteiger partial charge on any atom is -0.316 e. The third-order valence-electron chi connectivity index (χ3n) is 5.92. The van der Waals surface area contributed by atoms with Crippen LogP contribution in [-0.4, -0.2) is 26.4 Å².